The van der Waals surface area contributed by atoms with Crippen LogP contribution in [0.1, 0.15) is 23.0 Å². The number of carbonyl (C=O) groups is 1. The molecule has 0 bridgehead atoms. The summed E-state index contributed by atoms with van der Waals surface area (Å²) in [5.41, 5.74) is 2.26. The summed E-state index contributed by atoms with van der Waals surface area (Å²) in [6.07, 6.45) is 0. The maximum Gasteiger partial charge on any atom is 0.253 e. The van der Waals surface area contributed by atoms with Crippen molar-refractivity contribution in [2.45, 2.75) is 13.8 Å². The standard InChI is InChI=1S/C18H22BN5O/c1-3-20-16-12-13(2)21-18(22-16)24-10-8-23(9-11-24)17(25)14-4-6-15(19)7-5-14/h4-7,12H,3,8-11H2,1-2H3,(H,20,21,22). The number of rotatable bonds is 4. The van der Waals surface area contributed by atoms with Crippen LogP contribution in [0.3, 0.4) is 0 Å². The molecule has 1 amide bonds. The highest BCUT2D eigenvalue weighted by Gasteiger charge is 2.23. The molecule has 1 N–H and O–H groups in total. The lowest BCUT2D eigenvalue weighted by Crippen LogP contribution is -2.49. The number of amides is 1. The topological polar surface area (TPSA) is 61.4 Å². The Morgan fingerprint density at radius 1 is 1.16 bits per heavy atom. The Kier molecular flexibility index (Phi) is 5.21. The Labute approximate surface area is 149 Å². The van der Waals surface area contributed by atoms with Crippen LogP contribution < -0.4 is 15.7 Å². The number of hydrogen-bond donors (Lipinski definition) is 1. The van der Waals surface area contributed by atoms with E-state index in [1.54, 1.807) is 24.3 Å². The second-order valence-electron chi connectivity index (χ2n) is 6.13. The zero-order valence-corrected chi connectivity index (χ0v) is 14.7. The van der Waals surface area contributed by atoms with E-state index in [2.05, 4.69) is 20.2 Å². The van der Waals surface area contributed by atoms with Gasteiger partial charge in [0.25, 0.3) is 5.91 Å². The van der Waals surface area contributed by atoms with Gasteiger partial charge in [-0.15, -0.1) is 0 Å². The summed E-state index contributed by atoms with van der Waals surface area (Å²) in [6.45, 7) is 7.56. The van der Waals surface area contributed by atoms with E-state index in [0.29, 0.717) is 24.1 Å². The Hall–Kier alpha value is -2.57. The van der Waals surface area contributed by atoms with Crippen molar-refractivity contribution in [3.8, 4) is 0 Å². The molecule has 0 atom stereocenters. The van der Waals surface area contributed by atoms with Crippen LogP contribution in [0.5, 0.6) is 0 Å². The third-order valence-electron chi connectivity index (χ3n) is 4.21. The lowest BCUT2D eigenvalue weighted by molar-refractivity contribution is 0.0746. The fourth-order valence-electron chi connectivity index (χ4n) is 2.88. The van der Waals surface area contributed by atoms with E-state index >= 15 is 0 Å². The Bertz CT molecular complexity index is 742. The van der Waals surface area contributed by atoms with Crippen LogP contribution in [0, 0.1) is 6.92 Å². The van der Waals surface area contributed by atoms with Gasteiger partial charge in [-0.1, -0.05) is 29.7 Å². The molecule has 1 aromatic carbocycles. The number of hydrogen-bond acceptors (Lipinski definition) is 5. The minimum Gasteiger partial charge on any atom is -0.370 e. The highest BCUT2D eigenvalue weighted by molar-refractivity contribution is 6.32. The van der Waals surface area contributed by atoms with Gasteiger partial charge < -0.3 is 15.1 Å². The molecule has 2 aromatic rings. The van der Waals surface area contributed by atoms with Gasteiger partial charge in [0.2, 0.25) is 5.95 Å². The molecule has 0 spiro atoms. The summed E-state index contributed by atoms with van der Waals surface area (Å²) in [7, 11) is 5.68. The number of nitrogens with zero attached hydrogens (tertiary/aromatic N) is 4. The SMILES string of the molecule is [B]c1ccc(C(=O)N2CCN(c3nc(C)cc(NCC)n3)CC2)cc1. The van der Waals surface area contributed by atoms with E-state index < -0.39 is 0 Å². The molecular formula is C18H22BN5O. The average Bonchev–Trinajstić information content (AvgIpc) is 2.62. The van der Waals surface area contributed by atoms with Crippen LogP contribution in [0.2, 0.25) is 0 Å². The molecule has 2 radical (unpaired) electrons. The molecule has 0 unspecified atom stereocenters. The molecule has 1 saturated heterocycles. The first-order chi connectivity index (χ1) is 12.1. The molecular weight excluding hydrogens is 313 g/mol. The van der Waals surface area contributed by atoms with Crippen LogP contribution in [-0.2, 0) is 0 Å². The molecule has 0 aliphatic carbocycles. The van der Waals surface area contributed by atoms with Gasteiger partial charge in [0, 0.05) is 50.0 Å². The Morgan fingerprint density at radius 2 is 1.84 bits per heavy atom. The number of nitrogens with one attached hydrogen (secondary N) is 1. The van der Waals surface area contributed by atoms with Crippen molar-refractivity contribution in [2.75, 3.05) is 42.9 Å². The van der Waals surface area contributed by atoms with Crippen LogP contribution >= 0.6 is 0 Å². The number of benzene rings is 1. The van der Waals surface area contributed by atoms with Gasteiger partial charge in [-0.3, -0.25) is 4.79 Å². The third-order valence-corrected chi connectivity index (χ3v) is 4.21. The molecule has 25 heavy (non-hydrogen) atoms. The smallest absolute Gasteiger partial charge is 0.253 e. The van der Waals surface area contributed by atoms with Gasteiger partial charge in [-0.25, -0.2) is 4.98 Å². The average molecular weight is 335 g/mol. The van der Waals surface area contributed by atoms with Gasteiger partial charge in [0.1, 0.15) is 13.7 Å². The Morgan fingerprint density at radius 3 is 2.48 bits per heavy atom. The van der Waals surface area contributed by atoms with Crippen molar-refractivity contribution < 1.29 is 4.79 Å². The third kappa shape index (κ3) is 4.10. The van der Waals surface area contributed by atoms with Crippen LogP contribution in [0.25, 0.3) is 0 Å². The zero-order chi connectivity index (χ0) is 17.8. The van der Waals surface area contributed by atoms with E-state index in [1.807, 2.05) is 24.8 Å². The number of aryl methyl sites for hydroxylation is 1. The summed E-state index contributed by atoms with van der Waals surface area (Å²) in [5.74, 6) is 1.60. The Balaban J connectivity index is 1.65. The van der Waals surface area contributed by atoms with Gasteiger partial charge in [0.05, 0.1) is 0 Å². The predicted octanol–water partition coefficient (Wildman–Crippen LogP) is 0.973. The summed E-state index contributed by atoms with van der Waals surface area (Å²) in [6, 6.07) is 9.00. The fraction of sp³-hybridized carbons (Fsp3) is 0.389. The molecule has 1 fully saturated rings. The molecule has 0 saturated carbocycles. The molecule has 3 rings (SSSR count). The molecule has 7 heteroatoms. The van der Waals surface area contributed by atoms with Crippen LogP contribution in [0.15, 0.2) is 30.3 Å². The van der Waals surface area contributed by atoms with Crippen molar-refractivity contribution >= 4 is 31.0 Å². The molecule has 6 nitrogen and oxygen atoms in total. The van der Waals surface area contributed by atoms with Crippen molar-refractivity contribution in [1.82, 2.24) is 14.9 Å². The van der Waals surface area contributed by atoms with E-state index in [4.69, 9.17) is 7.85 Å². The molecule has 2 heterocycles. The molecule has 1 aliphatic heterocycles. The van der Waals surface area contributed by atoms with Crippen LogP contribution in [0.4, 0.5) is 11.8 Å². The lowest BCUT2D eigenvalue weighted by Gasteiger charge is -2.35. The highest BCUT2D eigenvalue weighted by Crippen LogP contribution is 2.16. The quantitative estimate of drug-likeness (QED) is 0.844. The second-order valence-corrected chi connectivity index (χ2v) is 6.13. The fourth-order valence-corrected chi connectivity index (χ4v) is 2.88. The number of piperazine rings is 1. The maximum atomic E-state index is 12.6. The normalized spacial score (nSPS) is 14.5. The first-order valence-corrected chi connectivity index (χ1v) is 8.56. The lowest BCUT2D eigenvalue weighted by atomic mass is 9.95. The van der Waals surface area contributed by atoms with E-state index in [1.165, 1.54) is 0 Å². The summed E-state index contributed by atoms with van der Waals surface area (Å²) < 4.78 is 0. The van der Waals surface area contributed by atoms with Crippen molar-refractivity contribution in [3.05, 3.63) is 41.6 Å². The van der Waals surface area contributed by atoms with Gasteiger partial charge in [0.15, 0.2) is 0 Å². The van der Waals surface area contributed by atoms with Gasteiger partial charge >= 0.3 is 0 Å². The number of anilines is 2. The van der Waals surface area contributed by atoms with E-state index in [9.17, 15) is 4.79 Å². The maximum absolute atomic E-state index is 12.6. The molecule has 128 valence electrons. The van der Waals surface area contributed by atoms with E-state index in [0.717, 1.165) is 37.1 Å². The first kappa shape index (κ1) is 17.3. The zero-order valence-electron chi connectivity index (χ0n) is 14.7. The largest absolute Gasteiger partial charge is 0.370 e. The van der Waals surface area contributed by atoms with Gasteiger partial charge in [-0.05, 0) is 13.8 Å². The molecule has 1 aromatic heterocycles. The number of carbonyl (C=O) groups excluding carboxylic acids is 1. The molecule has 1 aliphatic rings. The van der Waals surface area contributed by atoms with Gasteiger partial charge in [-0.2, -0.15) is 4.98 Å². The minimum atomic E-state index is 0.0400. The monoisotopic (exact) mass is 335 g/mol. The summed E-state index contributed by atoms with van der Waals surface area (Å²) in [4.78, 5) is 25.7. The van der Waals surface area contributed by atoms with Crippen molar-refractivity contribution in [2.24, 2.45) is 0 Å². The predicted molar refractivity (Wildman–Crippen MR) is 101 cm³/mol. The summed E-state index contributed by atoms with van der Waals surface area (Å²) in [5, 5.41) is 3.23. The summed E-state index contributed by atoms with van der Waals surface area (Å²) >= 11 is 0. The van der Waals surface area contributed by atoms with Crippen LogP contribution in [-0.4, -0.2) is 61.3 Å². The van der Waals surface area contributed by atoms with E-state index in [-0.39, 0.29) is 5.91 Å². The van der Waals surface area contributed by atoms with Crippen molar-refractivity contribution in [3.63, 3.8) is 0 Å². The highest BCUT2D eigenvalue weighted by atomic mass is 16.2. The minimum absolute atomic E-state index is 0.0400. The first-order valence-electron chi connectivity index (χ1n) is 8.56. The number of aromatic nitrogens is 2. The van der Waals surface area contributed by atoms with Crippen molar-refractivity contribution in [1.29, 1.82) is 0 Å². The second kappa shape index (κ2) is 7.55.